The van der Waals surface area contributed by atoms with Crippen LogP contribution in [-0.4, -0.2) is 66.0 Å². The fourth-order valence-electron chi connectivity index (χ4n) is 4.18. The summed E-state index contributed by atoms with van der Waals surface area (Å²) in [5, 5.41) is 13.3. The monoisotopic (exact) mass is 498 g/mol. The van der Waals surface area contributed by atoms with Gasteiger partial charge in [0.15, 0.2) is 11.6 Å². The highest BCUT2D eigenvalue weighted by molar-refractivity contribution is 7.89. The van der Waals surface area contributed by atoms with Crippen molar-refractivity contribution in [1.82, 2.24) is 24.3 Å². The second-order valence-corrected chi connectivity index (χ2v) is 11.9. The Morgan fingerprint density at radius 2 is 1.54 bits per heavy atom. The zero-order chi connectivity index (χ0) is 25.5. The highest BCUT2D eigenvalue weighted by Gasteiger charge is 2.32. The first-order valence-electron chi connectivity index (χ1n) is 11.7. The summed E-state index contributed by atoms with van der Waals surface area (Å²) in [7, 11) is -2.21. The lowest BCUT2D eigenvalue weighted by Crippen LogP contribution is -2.49. The molecule has 0 saturated carbocycles. The van der Waals surface area contributed by atoms with Crippen molar-refractivity contribution < 1.29 is 13.2 Å². The first-order chi connectivity index (χ1) is 16.4. The summed E-state index contributed by atoms with van der Waals surface area (Å²) in [4.78, 5) is 2.27. The number of benzene rings is 1. The predicted octanol–water partition coefficient (Wildman–Crippen LogP) is 3.40. The molecule has 1 saturated heterocycles. The first-order valence-corrected chi connectivity index (χ1v) is 13.2. The Labute approximate surface area is 207 Å². The number of anilines is 1. The largest absolute Gasteiger partial charge is 0.495 e. The van der Waals surface area contributed by atoms with Gasteiger partial charge in [-0.25, -0.2) is 13.1 Å². The lowest BCUT2D eigenvalue weighted by molar-refractivity contribution is 0.373. The number of hydrogen-bond donors (Lipinski definition) is 0. The van der Waals surface area contributed by atoms with E-state index < -0.39 is 10.0 Å². The summed E-state index contributed by atoms with van der Waals surface area (Å²) in [6, 6.07) is 9.21. The van der Waals surface area contributed by atoms with E-state index in [1.54, 1.807) is 16.8 Å². The third-order valence-electron chi connectivity index (χ3n) is 6.72. The molecule has 0 spiro atoms. The third-order valence-corrected chi connectivity index (χ3v) is 8.64. The SMILES string of the molecule is COc1ccc(C(C)(C)C)cc1S(=O)(=O)N1CCN(c2ccc(-n3nc(C)c(C)c3C)nn2)CC1. The second kappa shape index (κ2) is 9.23. The van der Waals surface area contributed by atoms with E-state index in [4.69, 9.17) is 4.74 Å². The molecule has 1 aliphatic rings. The molecule has 3 aromatic rings. The summed E-state index contributed by atoms with van der Waals surface area (Å²) in [6.45, 7) is 14.0. The van der Waals surface area contributed by atoms with Crippen LogP contribution < -0.4 is 9.64 Å². The Balaban J connectivity index is 1.50. The van der Waals surface area contributed by atoms with Gasteiger partial charge in [-0.3, -0.25) is 0 Å². The maximum atomic E-state index is 13.5. The van der Waals surface area contributed by atoms with E-state index in [0.717, 1.165) is 28.3 Å². The summed E-state index contributed by atoms with van der Waals surface area (Å²) in [5.74, 6) is 1.74. The number of aryl methyl sites for hydroxylation is 1. The van der Waals surface area contributed by atoms with Gasteiger partial charge in [-0.05, 0) is 61.6 Å². The van der Waals surface area contributed by atoms with E-state index in [9.17, 15) is 8.42 Å². The molecular weight excluding hydrogens is 464 g/mol. The van der Waals surface area contributed by atoms with E-state index in [2.05, 4.69) is 41.0 Å². The molecule has 0 amide bonds. The zero-order valence-electron chi connectivity index (χ0n) is 21.5. The zero-order valence-corrected chi connectivity index (χ0v) is 22.3. The molecule has 188 valence electrons. The van der Waals surface area contributed by atoms with Crippen molar-refractivity contribution in [3.63, 3.8) is 0 Å². The standard InChI is InChI=1S/C25H34N6O3S/c1-17-18(2)28-31(19(17)3)24-11-10-23(26-27-24)29-12-14-30(15-13-29)35(32,33)22-16-20(25(4,5)6)8-9-21(22)34-7/h8-11,16H,12-15H2,1-7H3. The maximum absolute atomic E-state index is 13.5. The van der Waals surface area contributed by atoms with Crippen LogP contribution in [0.3, 0.4) is 0 Å². The number of rotatable bonds is 5. The normalized spacial score (nSPS) is 15.5. The smallest absolute Gasteiger partial charge is 0.246 e. The van der Waals surface area contributed by atoms with Gasteiger partial charge >= 0.3 is 0 Å². The van der Waals surface area contributed by atoms with Gasteiger partial charge in [0.1, 0.15) is 10.6 Å². The minimum Gasteiger partial charge on any atom is -0.495 e. The molecule has 1 aromatic carbocycles. The maximum Gasteiger partial charge on any atom is 0.246 e. The number of aromatic nitrogens is 4. The van der Waals surface area contributed by atoms with E-state index >= 15 is 0 Å². The Morgan fingerprint density at radius 1 is 0.914 bits per heavy atom. The van der Waals surface area contributed by atoms with Crippen molar-refractivity contribution in [3.8, 4) is 11.6 Å². The number of sulfonamides is 1. The van der Waals surface area contributed by atoms with Crippen LogP contribution in [0.2, 0.25) is 0 Å². The van der Waals surface area contributed by atoms with Crippen LogP contribution in [-0.2, 0) is 15.4 Å². The van der Waals surface area contributed by atoms with E-state index in [1.165, 1.54) is 11.4 Å². The summed E-state index contributed by atoms with van der Waals surface area (Å²) in [5.41, 5.74) is 3.91. The Morgan fingerprint density at radius 3 is 2.06 bits per heavy atom. The summed E-state index contributed by atoms with van der Waals surface area (Å²) < 4.78 is 35.8. The highest BCUT2D eigenvalue weighted by Crippen LogP contribution is 2.33. The minimum atomic E-state index is -3.71. The van der Waals surface area contributed by atoms with Crippen molar-refractivity contribution in [2.45, 2.75) is 51.9 Å². The molecule has 0 atom stereocenters. The van der Waals surface area contributed by atoms with Crippen LogP contribution in [0.15, 0.2) is 35.2 Å². The van der Waals surface area contributed by atoms with Crippen molar-refractivity contribution in [1.29, 1.82) is 0 Å². The molecule has 9 nitrogen and oxygen atoms in total. The Hall–Kier alpha value is -2.98. The van der Waals surface area contributed by atoms with Gasteiger partial charge in [0, 0.05) is 31.9 Å². The van der Waals surface area contributed by atoms with Gasteiger partial charge in [0.2, 0.25) is 10.0 Å². The summed E-state index contributed by atoms with van der Waals surface area (Å²) in [6.07, 6.45) is 0. The molecule has 1 fully saturated rings. The molecule has 35 heavy (non-hydrogen) atoms. The number of nitrogens with zero attached hydrogens (tertiary/aromatic N) is 6. The predicted molar refractivity (Wildman–Crippen MR) is 136 cm³/mol. The van der Waals surface area contributed by atoms with Gasteiger partial charge in [0.25, 0.3) is 0 Å². The Kier molecular flexibility index (Phi) is 6.63. The molecule has 10 heteroatoms. The number of methoxy groups -OCH3 is 1. The highest BCUT2D eigenvalue weighted by atomic mass is 32.2. The van der Waals surface area contributed by atoms with Crippen LogP contribution >= 0.6 is 0 Å². The van der Waals surface area contributed by atoms with Crippen molar-refractivity contribution in [3.05, 3.63) is 52.8 Å². The fraction of sp³-hybridized carbons (Fsp3) is 0.480. The fourth-order valence-corrected chi connectivity index (χ4v) is 5.79. The van der Waals surface area contributed by atoms with Crippen molar-refractivity contribution in [2.75, 3.05) is 38.2 Å². The molecule has 0 N–H and O–H groups in total. The molecule has 3 heterocycles. The quantitative estimate of drug-likeness (QED) is 0.532. The Bertz CT molecular complexity index is 1320. The minimum absolute atomic E-state index is 0.174. The van der Waals surface area contributed by atoms with Gasteiger partial charge < -0.3 is 9.64 Å². The van der Waals surface area contributed by atoms with E-state index in [1.807, 2.05) is 39.0 Å². The molecule has 2 aromatic heterocycles. The van der Waals surface area contributed by atoms with Crippen LogP contribution in [0.25, 0.3) is 5.82 Å². The van der Waals surface area contributed by atoms with Crippen LogP contribution in [0, 0.1) is 20.8 Å². The van der Waals surface area contributed by atoms with Crippen molar-refractivity contribution >= 4 is 15.8 Å². The van der Waals surface area contributed by atoms with Crippen LogP contribution in [0.4, 0.5) is 5.82 Å². The third kappa shape index (κ3) is 4.77. The molecule has 0 radical (unpaired) electrons. The molecule has 0 unspecified atom stereocenters. The first kappa shape index (κ1) is 25.1. The molecule has 4 rings (SSSR count). The number of hydrogen-bond acceptors (Lipinski definition) is 7. The average Bonchev–Trinajstić information content (AvgIpc) is 3.10. The topological polar surface area (TPSA) is 93.5 Å². The second-order valence-electron chi connectivity index (χ2n) is 9.96. The van der Waals surface area contributed by atoms with Crippen molar-refractivity contribution in [2.24, 2.45) is 0 Å². The lowest BCUT2D eigenvalue weighted by Gasteiger charge is -2.34. The lowest BCUT2D eigenvalue weighted by atomic mass is 9.87. The van der Waals surface area contributed by atoms with E-state index in [0.29, 0.717) is 37.7 Å². The summed E-state index contributed by atoms with van der Waals surface area (Å²) >= 11 is 0. The molecule has 0 bridgehead atoms. The van der Waals surface area contributed by atoms with Gasteiger partial charge in [-0.15, -0.1) is 10.2 Å². The number of ether oxygens (including phenoxy) is 1. The van der Waals surface area contributed by atoms with Crippen LogP contribution in [0.1, 0.15) is 43.3 Å². The van der Waals surface area contributed by atoms with E-state index in [-0.39, 0.29) is 10.3 Å². The van der Waals surface area contributed by atoms with Gasteiger partial charge in [0.05, 0.1) is 12.8 Å². The van der Waals surface area contributed by atoms with Gasteiger partial charge in [-0.2, -0.15) is 9.40 Å². The molecule has 0 aliphatic carbocycles. The average molecular weight is 499 g/mol. The molecular formula is C25H34N6O3S. The molecule has 1 aliphatic heterocycles. The van der Waals surface area contributed by atoms with Gasteiger partial charge in [-0.1, -0.05) is 26.8 Å². The van der Waals surface area contributed by atoms with Crippen LogP contribution in [0.5, 0.6) is 5.75 Å². The number of piperazine rings is 1.